The van der Waals surface area contributed by atoms with Crippen LogP contribution in [-0.2, 0) is 0 Å². The summed E-state index contributed by atoms with van der Waals surface area (Å²) < 4.78 is 13.7. The summed E-state index contributed by atoms with van der Waals surface area (Å²) in [6, 6.07) is 7.42. The van der Waals surface area contributed by atoms with Gasteiger partial charge in [-0.05, 0) is 52.7 Å². The smallest absolute Gasteiger partial charge is 0.251 e. The van der Waals surface area contributed by atoms with Crippen molar-refractivity contribution in [3.63, 3.8) is 0 Å². The second-order valence-electron chi connectivity index (χ2n) is 4.43. The standard InChI is InChI=1S/C15H15BrFN3O/c16-12-8-14(10-18-9-12)19-6-1-7-20-15(21)11-2-4-13(17)5-3-11/h2-5,8-10,19H,1,6-7H2,(H,20,21). The lowest BCUT2D eigenvalue weighted by atomic mass is 10.2. The number of halogens is 2. The molecule has 1 aromatic heterocycles. The number of amides is 1. The third-order valence-electron chi connectivity index (χ3n) is 2.78. The molecule has 0 bridgehead atoms. The molecule has 2 aromatic rings. The maximum atomic E-state index is 12.7. The van der Waals surface area contributed by atoms with Gasteiger partial charge in [0.25, 0.3) is 5.91 Å². The molecule has 110 valence electrons. The van der Waals surface area contributed by atoms with E-state index in [0.717, 1.165) is 23.1 Å². The van der Waals surface area contributed by atoms with Gasteiger partial charge in [-0.2, -0.15) is 0 Å². The lowest BCUT2D eigenvalue weighted by molar-refractivity contribution is 0.0953. The molecule has 21 heavy (non-hydrogen) atoms. The van der Waals surface area contributed by atoms with Crippen LogP contribution < -0.4 is 10.6 Å². The van der Waals surface area contributed by atoms with Crippen LogP contribution in [0.3, 0.4) is 0 Å². The molecule has 6 heteroatoms. The van der Waals surface area contributed by atoms with Crippen molar-refractivity contribution in [1.29, 1.82) is 0 Å². The summed E-state index contributed by atoms with van der Waals surface area (Å²) >= 11 is 3.35. The first-order valence-corrected chi connectivity index (χ1v) is 7.32. The van der Waals surface area contributed by atoms with Gasteiger partial charge in [0, 0.05) is 29.3 Å². The highest BCUT2D eigenvalue weighted by Crippen LogP contribution is 2.13. The molecule has 1 amide bonds. The van der Waals surface area contributed by atoms with Gasteiger partial charge in [0.15, 0.2) is 0 Å². The molecule has 0 saturated heterocycles. The number of rotatable bonds is 6. The van der Waals surface area contributed by atoms with Crippen molar-refractivity contribution in [1.82, 2.24) is 10.3 Å². The lowest BCUT2D eigenvalue weighted by Crippen LogP contribution is -2.25. The van der Waals surface area contributed by atoms with Crippen LogP contribution in [0, 0.1) is 5.82 Å². The molecule has 0 aliphatic heterocycles. The number of carbonyl (C=O) groups is 1. The predicted molar refractivity (Wildman–Crippen MR) is 83.8 cm³/mol. The summed E-state index contributed by atoms with van der Waals surface area (Å²) in [7, 11) is 0. The van der Waals surface area contributed by atoms with Crippen molar-refractivity contribution >= 4 is 27.5 Å². The minimum atomic E-state index is -0.349. The van der Waals surface area contributed by atoms with Crippen LogP contribution in [0.5, 0.6) is 0 Å². The van der Waals surface area contributed by atoms with Crippen LogP contribution in [-0.4, -0.2) is 24.0 Å². The molecule has 0 spiro atoms. The van der Waals surface area contributed by atoms with Crippen molar-refractivity contribution in [3.05, 3.63) is 58.6 Å². The summed E-state index contributed by atoms with van der Waals surface area (Å²) in [5.41, 5.74) is 1.38. The van der Waals surface area contributed by atoms with Gasteiger partial charge in [0.2, 0.25) is 0 Å². The SMILES string of the molecule is O=C(NCCCNc1cncc(Br)c1)c1ccc(F)cc1. The molecule has 0 aliphatic carbocycles. The van der Waals surface area contributed by atoms with Crippen LogP contribution in [0.4, 0.5) is 10.1 Å². The van der Waals surface area contributed by atoms with E-state index in [2.05, 4.69) is 31.5 Å². The first kappa shape index (κ1) is 15.4. The Morgan fingerprint density at radius 3 is 2.67 bits per heavy atom. The van der Waals surface area contributed by atoms with E-state index in [9.17, 15) is 9.18 Å². The summed E-state index contributed by atoms with van der Waals surface area (Å²) in [5, 5.41) is 6.00. The van der Waals surface area contributed by atoms with Crippen molar-refractivity contribution in [2.75, 3.05) is 18.4 Å². The summed E-state index contributed by atoms with van der Waals surface area (Å²) in [6.07, 6.45) is 4.23. The first-order chi connectivity index (χ1) is 10.1. The van der Waals surface area contributed by atoms with E-state index >= 15 is 0 Å². The number of carbonyl (C=O) groups excluding carboxylic acids is 1. The zero-order valence-electron chi connectivity index (χ0n) is 11.3. The monoisotopic (exact) mass is 351 g/mol. The van der Waals surface area contributed by atoms with Gasteiger partial charge in [-0.3, -0.25) is 9.78 Å². The average molecular weight is 352 g/mol. The zero-order valence-corrected chi connectivity index (χ0v) is 12.9. The largest absolute Gasteiger partial charge is 0.384 e. The minimum Gasteiger partial charge on any atom is -0.384 e. The molecule has 1 aromatic carbocycles. The number of aromatic nitrogens is 1. The number of benzene rings is 1. The third-order valence-corrected chi connectivity index (χ3v) is 3.21. The van der Waals surface area contributed by atoms with E-state index in [-0.39, 0.29) is 11.7 Å². The van der Waals surface area contributed by atoms with Gasteiger partial charge >= 0.3 is 0 Å². The number of pyridine rings is 1. The minimum absolute atomic E-state index is 0.195. The van der Waals surface area contributed by atoms with E-state index in [1.54, 1.807) is 12.4 Å². The van der Waals surface area contributed by atoms with Gasteiger partial charge < -0.3 is 10.6 Å². The topological polar surface area (TPSA) is 54.0 Å². The highest BCUT2D eigenvalue weighted by molar-refractivity contribution is 9.10. The number of nitrogens with zero attached hydrogens (tertiary/aromatic N) is 1. The maximum absolute atomic E-state index is 12.7. The Labute approximate surface area is 130 Å². The fourth-order valence-corrected chi connectivity index (χ4v) is 2.10. The van der Waals surface area contributed by atoms with Gasteiger partial charge in [0.1, 0.15) is 5.82 Å². The Morgan fingerprint density at radius 2 is 1.95 bits per heavy atom. The molecule has 0 unspecified atom stereocenters. The number of hydrogen-bond acceptors (Lipinski definition) is 3. The Morgan fingerprint density at radius 1 is 1.19 bits per heavy atom. The van der Waals surface area contributed by atoms with Crippen LogP contribution >= 0.6 is 15.9 Å². The predicted octanol–water partition coefficient (Wildman–Crippen LogP) is 3.22. The Hall–Kier alpha value is -1.95. The molecule has 2 N–H and O–H groups in total. The highest BCUT2D eigenvalue weighted by Gasteiger charge is 2.04. The summed E-state index contributed by atoms with van der Waals surface area (Å²) in [6.45, 7) is 1.27. The quantitative estimate of drug-likeness (QED) is 0.785. The number of hydrogen-bond donors (Lipinski definition) is 2. The molecule has 1 heterocycles. The molecular weight excluding hydrogens is 337 g/mol. The third kappa shape index (κ3) is 5.15. The van der Waals surface area contributed by atoms with Crippen LogP contribution in [0.1, 0.15) is 16.8 Å². The highest BCUT2D eigenvalue weighted by atomic mass is 79.9. The fraction of sp³-hybridized carbons (Fsp3) is 0.200. The number of anilines is 1. The molecule has 0 saturated carbocycles. The maximum Gasteiger partial charge on any atom is 0.251 e. The van der Waals surface area contributed by atoms with Crippen molar-refractivity contribution in [2.24, 2.45) is 0 Å². The molecule has 0 radical (unpaired) electrons. The van der Waals surface area contributed by atoms with Crippen molar-refractivity contribution < 1.29 is 9.18 Å². The molecule has 2 rings (SSSR count). The van der Waals surface area contributed by atoms with E-state index in [0.29, 0.717) is 12.1 Å². The second kappa shape index (κ2) is 7.73. The zero-order chi connectivity index (χ0) is 15.1. The molecule has 0 aliphatic rings. The molecule has 4 nitrogen and oxygen atoms in total. The second-order valence-corrected chi connectivity index (χ2v) is 5.35. The molecule has 0 fully saturated rings. The number of nitrogens with one attached hydrogen (secondary N) is 2. The summed E-state index contributed by atoms with van der Waals surface area (Å²) in [4.78, 5) is 15.8. The van der Waals surface area contributed by atoms with E-state index in [1.165, 1.54) is 24.3 Å². The normalized spacial score (nSPS) is 10.2. The molecular formula is C15H15BrFN3O. The van der Waals surface area contributed by atoms with Crippen molar-refractivity contribution in [3.8, 4) is 0 Å². The van der Waals surface area contributed by atoms with E-state index in [1.807, 2.05) is 6.07 Å². The van der Waals surface area contributed by atoms with Crippen LogP contribution in [0.2, 0.25) is 0 Å². The Bertz CT molecular complexity index is 604. The van der Waals surface area contributed by atoms with Gasteiger partial charge in [0.05, 0.1) is 11.9 Å². The fourth-order valence-electron chi connectivity index (χ4n) is 1.73. The Kier molecular flexibility index (Phi) is 5.68. The van der Waals surface area contributed by atoms with E-state index < -0.39 is 0 Å². The van der Waals surface area contributed by atoms with Crippen LogP contribution in [0.25, 0.3) is 0 Å². The molecule has 0 atom stereocenters. The average Bonchev–Trinajstić information content (AvgIpc) is 2.47. The van der Waals surface area contributed by atoms with Crippen molar-refractivity contribution in [2.45, 2.75) is 6.42 Å². The summed E-state index contributed by atoms with van der Waals surface area (Å²) in [5.74, 6) is -0.544. The van der Waals surface area contributed by atoms with E-state index in [4.69, 9.17) is 0 Å². The van der Waals surface area contributed by atoms with Gasteiger partial charge in [-0.15, -0.1) is 0 Å². The Balaban J connectivity index is 1.68. The first-order valence-electron chi connectivity index (χ1n) is 6.53. The van der Waals surface area contributed by atoms with Crippen LogP contribution in [0.15, 0.2) is 47.2 Å². The lowest BCUT2D eigenvalue weighted by Gasteiger charge is -2.07. The van der Waals surface area contributed by atoms with Gasteiger partial charge in [-0.25, -0.2) is 4.39 Å². The van der Waals surface area contributed by atoms with Gasteiger partial charge in [-0.1, -0.05) is 0 Å².